The number of carbonyl (C=O) groups excluding carboxylic acids is 1. The Morgan fingerprint density at radius 2 is 1.72 bits per heavy atom. The van der Waals surface area contributed by atoms with Gasteiger partial charge in [0.05, 0.1) is 24.0 Å². The summed E-state index contributed by atoms with van der Waals surface area (Å²) in [6, 6.07) is 22.4. The SMILES string of the molecule is CC[C@@H](NC(=O)[C@H]1CN(S(=O)(=O)Cc2ccccc2)c2ccccc2O1)c1ccc2c(c1)CCCC2. The molecule has 3 aromatic carbocycles. The van der Waals surface area contributed by atoms with E-state index in [1.165, 1.54) is 28.3 Å². The zero-order chi connectivity index (χ0) is 25.1. The molecule has 0 saturated heterocycles. The van der Waals surface area contributed by atoms with Gasteiger partial charge < -0.3 is 10.1 Å². The number of nitrogens with one attached hydrogen (secondary N) is 1. The number of ether oxygens (including phenoxy) is 1. The fourth-order valence-corrected chi connectivity index (χ4v) is 6.70. The topological polar surface area (TPSA) is 75.7 Å². The number of benzene rings is 3. The predicted octanol–water partition coefficient (Wildman–Crippen LogP) is 4.93. The van der Waals surface area contributed by atoms with Gasteiger partial charge in [-0.3, -0.25) is 9.10 Å². The van der Waals surface area contributed by atoms with E-state index >= 15 is 0 Å². The largest absolute Gasteiger partial charge is 0.476 e. The number of aryl methyl sites for hydroxylation is 2. The van der Waals surface area contributed by atoms with Crippen LogP contribution in [-0.4, -0.2) is 27.0 Å². The summed E-state index contributed by atoms with van der Waals surface area (Å²) in [7, 11) is -3.74. The third kappa shape index (κ3) is 5.12. The number of para-hydroxylation sites is 2. The van der Waals surface area contributed by atoms with E-state index < -0.39 is 16.1 Å². The van der Waals surface area contributed by atoms with E-state index in [1.54, 1.807) is 36.4 Å². The molecule has 0 unspecified atom stereocenters. The maximum atomic E-state index is 13.5. The zero-order valence-corrected chi connectivity index (χ0v) is 21.3. The minimum atomic E-state index is -3.74. The molecule has 0 fully saturated rings. The molecule has 0 aromatic heterocycles. The van der Waals surface area contributed by atoms with E-state index in [1.807, 2.05) is 25.1 Å². The third-order valence-electron chi connectivity index (χ3n) is 7.05. The minimum absolute atomic E-state index is 0.0708. The van der Waals surface area contributed by atoms with Crippen molar-refractivity contribution in [2.75, 3.05) is 10.8 Å². The first-order chi connectivity index (χ1) is 17.4. The van der Waals surface area contributed by atoms with Crippen molar-refractivity contribution in [1.82, 2.24) is 5.32 Å². The molecular weight excluding hydrogens is 472 g/mol. The van der Waals surface area contributed by atoms with E-state index in [4.69, 9.17) is 4.74 Å². The minimum Gasteiger partial charge on any atom is -0.476 e. The molecule has 6 nitrogen and oxygen atoms in total. The van der Waals surface area contributed by atoms with Gasteiger partial charge in [-0.25, -0.2) is 8.42 Å². The average Bonchev–Trinajstić information content (AvgIpc) is 2.91. The van der Waals surface area contributed by atoms with Crippen LogP contribution in [0.2, 0.25) is 0 Å². The number of sulfonamides is 1. The van der Waals surface area contributed by atoms with E-state index in [-0.39, 0.29) is 24.2 Å². The van der Waals surface area contributed by atoms with Crippen LogP contribution in [0.4, 0.5) is 5.69 Å². The van der Waals surface area contributed by atoms with Crippen molar-refractivity contribution in [2.24, 2.45) is 0 Å². The van der Waals surface area contributed by atoms with Crippen molar-refractivity contribution in [2.45, 2.75) is 56.9 Å². The molecule has 1 aliphatic carbocycles. The zero-order valence-electron chi connectivity index (χ0n) is 20.5. The van der Waals surface area contributed by atoms with Crippen molar-refractivity contribution in [3.05, 3.63) is 95.1 Å². The molecule has 5 rings (SSSR count). The van der Waals surface area contributed by atoms with Gasteiger partial charge in [0, 0.05) is 0 Å². The van der Waals surface area contributed by atoms with Gasteiger partial charge >= 0.3 is 0 Å². The lowest BCUT2D eigenvalue weighted by atomic mass is 9.88. The Balaban J connectivity index is 1.37. The lowest BCUT2D eigenvalue weighted by molar-refractivity contribution is -0.128. The van der Waals surface area contributed by atoms with Gasteiger partial charge in [-0.05, 0) is 66.5 Å². The summed E-state index contributed by atoms with van der Waals surface area (Å²) in [6.07, 6.45) is 4.39. The van der Waals surface area contributed by atoms with Crippen LogP contribution in [0.5, 0.6) is 5.75 Å². The number of hydrogen-bond donors (Lipinski definition) is 1. The number of carbonyl (C=O) groups is 1. The smallest absolute Gasteiger partial charge is 0.263 e. The molecule has 0 spiro atoms. The summed E-state index contributed by atoms with van der Waals surface area (Å²) in [5.74, 6) is -0.0696. The van der Waals surface area contributed by atoms with Gasteiger partial charge in [-0.2, -0.15) is 0 Å². The van der Waals surface area contributed by atoms with Gasteiger partial charge in [0.25, 0.3) is 5.91 Å². The first-order valence-corrected chi connectivity index (χ1v) is 14.3. The molecule has 0 saturated carbocycles. The molecule has 0 radical (unpaired) electrons. The first-order valence-electron chi connectivity index (χ1n) is 12.7. The Kier molecular flexibility index (Phi) is 7.01. The van der Waals surface area contributed by atoms with Crippen LogP contribution in [0, 0.1) is 0 Å². The summed E-state index contributed by atoms with van der Waals surface area (Å²) < 4.78 is 34.3. The van der Waals surface area contributed by atoms with Gasteiger partial charge in [-0.15, -0.1) is 0 Å². The average molecular weight is 505 g/mol. The number of amides is 1. The van der Waals surface area contributed by atoms with E-state index in [0.717, 1.165) is 24.8 Å². The molecule has 0 bridgehead atoms. The van der Waals surface area contributed by atoms with E-state index in [0.29, 0.717) is 17.0 Å². The summed E-state index contributed by atoms with van der Waals surface area (Å²) in [5.41, 5.74) is 5.00. The molecule has 1 amide bonds. The van der Waals surface area contributed by atoms with Crippen LogP contribution < -0.4 is 14.4 Å². The Labute approximate surface area is 213 Å². The van der Waals surface area contributed by atoms with Crippen molar-refractivity contribution in [3.63, 3.8) is 0 Å². The maximum absolute atomic E-state index is 13.5. The van der Waals surface area contributed by atoms with Gasteiger partial charge in [-0.1, -0.05) is 67.6 Å². The van der Waals surface area contributed by atoms with Crippen molar-refractivity contribution in [1.29, 1.82) is 0 Å². The molecule has 2 atom stereocenters. The maximum Gasteiger partial charge on any atom is 0.263 e. The third-order valence-corrected chi connectivity index (χ3v) is 8.77. The molecule has 2 aliphatic rings. The lowest BCUT2D eigenvalue weighted by Gasteiger charge is -2.35. The number of anilines is 1. The highest BCUT2D eigenvalue weighted by Gasteiger charge is 2.37. The molecule has 188 valence electrons. The van der Waals surface area contributed by atoms with Gasteiger partial charge in [0.1, 0.15) is 5.75 Å². The molecule has 3 aromatic rings. The van der Waals surface area contributed by atoms with E-state index in [2.05, 4.69) is 23.5 Å². The fraction of sp³-hybridized carbons (Fsp3) is 0.345. The molecular formula is C29H32N2O4S. The Morgan fingerprint density at radius 1 is 1.00 bits per heavy atom. The van der Waals surface area contributed by atoms with Crippen molar-refractivity contribution >= 4 is 21.6 Å². The second kappa shape index (κ2) is 10.3. The number of rotatable bonds is 7. The summed E-state index contributed by atoms with van der Waals surface area (Å²) in [6.45, 7) is 1.97. The van der Waals surface area contributed by atoms with Crippen LogP contribution in [0.15, 0.2) is 72.8 Å². The summed E-state index contributed by atoms with van der Waals surface area (Å²) in [4.78, 5) is 13.4. The van der Waals surface area contributed by atoms with Crippen molar-refractivity contribution < 1.29 is 17.9 Å². The molecule has 1 aliphatic heterocycles. The second-order valence-corrected chi connectivity index (χ2v) is 11.4. The molecule has 7 heteroatoms. The predicted molar refractivity (Wildman–Crippen MR) is 142 cm³/mol. The molecule has 1 heterocycles. The monoisotopic (exact) mass is 504 g/mol. The summed E-state index contributed by atoms with van der Waals surface area (Å²) in [5, 5.41) is 3.13. The van der Waals surface area contributed by atoms with Crippen LogP contribution in [-0.2, 0) is 33.4 Å². The van der Waals surface area contributed by atoms with Crippen LogP contribution in [0.25, 0.3) is 0 Å². The normalized spacial score (nSPS) is 17.9. The van der Waals surface area contributed by atoms with Crippen LogP contribution in [0.1, 0.15) is 54.5 Å². The Morgan fingerprint density at radius 3 is 2.50 bits per heavy atom. The number of fused-ring (bicyclic) bond motifs is 2. The highest BCUT2D eigenvalue weighted by molar-refractivity contribution is 7.92. The molecule has 36 heavy (non-hydrogen) atoms. The Bertz CT molecular complexity index is 1340. The van der Waals surface area contributed by atoms with Crippen LogP contribution >= 0.6 is 0 Å². The number of hydrogen-bond acceptors (Lipinski definition) is 4. The summed E-state index contributed by atoms with van der Waals surface area (Å²) >= 11 is 0. The highest BCUT2D eigenvalue weighted by atomic mass is 32.2. The first kappa shape index (κ1) is 24.4. The molecule has 1 N–H and O–H groups in total. The fourth-order valence-electron chi connectivity index (χ4n) is 5.12. The highest BCUT2D eigenvalue weighted by Crippen LogP contribution is 2.36. The number of nitrogens with zero attached hydrogens (tertiary/aromatic N) is 1. The lowest BCUT2D eigenvalue weighted by Crippen LogP contribution is -2.51. The standard InChI is InChI=1S/C29H32N2O4S/c1-2-25(24-17-16-22-12-6-7-13-23(22)18-24)30-29(32)28-19-31(26-14-8-9-15-27(26)35-28)36(33,34)20-21-10-4-3-5-11-21/h3-5,8-11,14-18,25,28H,2,6-7,12-13,19-20H2,1H3,(H,30,32)/t25-,28-/m1/s1. The van der Waals surface area contributed by atoms with Gasteiger partial charge in [0.2, 0.25) is 10.0 Å². The Hall–Kier alpha value is -3.32. The van der Waals surface area contributed by atoms with Gasteiger partial charge in [0.15, 0.2) is 6.10 Å². The van der Waals surface area contributed by atoms with E-state index in [9.17, 15) is 13.2 Å². The van der Waals surface area contributed by atoms with Crippen LogP contribution in [0.3, 0.4) is 0 Å². The second-order valence-electron chi connectivity index (χ2n) is 9.55. The van der Waals surface area contributed by atoms with Crippen molar-refractivity contribution in [3.8, 4) is 5.75 Å². The quantitative estimate of drug-likeness (QED) is 0.495.